The first-order valence-electron chi connectivity index (χ1n) is 7.84. The molecule has 0 heterocycles. The van der Waals surface area contributed by atoms with Crippen LogP contribution < -0.4 is 14.8 Å². The van der Waals surface area contributed by atoms with Crippen LogP contribution in [0.1, 0.15) is 26.3 Å². The summed E-state index contributed by atoms with van der Waals surface area (Å²) in [7, 11) is 2.68. The van der Waals surface area contributed by atoms with Gasteiger partial charge in [-0.25, -0.2) is 9.18 Å². The van der Waals surface area contributed by atoms with Gasteiger partial charge in [-0.3, -0.25) is 9.59 Å². The maximum absolute atomic E-state index is 13.5. The molecular weight excluding hydrogens is 357 g/mol. The van der Waals surface area contributed by atoms with Gasteiger partial charge in [0.15, 0.2) is 24.4 Å². The first-order valence-corrected chi connectivity index (χ1v) is 7.84. The number of carbonyl (C=O) groups is 3. The second-order valence-corrected chi connectivity index (χ2v) is 5.47. The summed E-state index contributed by atoms with van der Waals surface area (Å²) in [6.07, 6.45) is 0.466. The quantitative estimate of drug-likeness (QED) is 0.591. The average molecular weight is 375 g/mol. The Labute approximate surface area is 155 Å². The molecule has 0 bridgehead atoms. The van der Waals surface area contributed by atoms with Gasteiger partial charge in [0.25, 0.3) is 5.91 Å². The van der Waals surface area contributed by atoms with Gasteiger partial charge in [0, 0.05) is 11.3 Å². The molecule has 0 aliphatic carbocycles. The minimum Gasteiger partial charge on any atom is -0.493 e. The Morgan fingerprint density at radius 3 is 2.48 bits per heavy atom. The van der Waals surface area contributed by atoms with Crippen molar-refractivity contribution in [1.82, 2.24) is 0 Å². The van der Waals surface area contributed by atoms with Gasteiger partial charge in [0.2, 0.25) is 0 Å². The van der Waals surface area contributed by atoms with Crippen LogP contribution in [0, 0.1) is 12.7 Å². The number of carbonyl (C=O) groups excluding carboxylic acids is 3. The largest absolute Gasteiger partial charge is 0.493 e. The lowest BCUT2D eigenvalue weighted by atomic mass is 10.1. The molecule has 2 aromatic carbocycles. The first-order chi connectivity index (χ1) is 12.9. The van der Waals surface area contributed by atoms with Crippen LogP contribution in [0.25, 0.3) is 0 Å². The Balaban J connectivity index is 2.12. The van der Waals surface area contributed by atoms with E-state index < -0.39 is 24.3 Å². The SMILES string of the molecule is COc1ccc(C=O)c(C(=O)OCC(=O)Nc2ccc(C)c(F)c2)c1OC. The molecule has 7 nitrogen and oxygen atoms in total. The van der Waals surface area contributed by atoms with E-state index in [9.17, 15) is 18.8 Å². The zero-order chi connectivity index (χ0) is 20.0. The zero-order valence-corrected chi connectivity index (χ0v) is 15.0. The topological polar surface area (TPSA) is 90.9 Å². The van der Waals surface area contributed by atoms with Crippen LogP contribution in [0.4, 0.5) is 10.1 Å². The average Bonchev–Trinajstić information content (AvgIpc) is 2.67. The molecule has 1 amide bonds. The van der Waals surface area contributed by atoms with Gasteiger partial charge in [0.05, 0.1) is 14.2 Å². The number of amides is 1. The molecule has 0 radical (unpaired) electrons. The molecule has 2 aromatic rings. The summed E-state index contributed by atoms with van der Waals surface area (Å²) in [5, 5.41) is 2.41. The molecule has 0 aromatic heterocycles. The summed E-state index contributed by atoms with van der Waals surface area (Å²) in [5.74, 6) is -1.82. The Morgan fingerprint density at radius 2 is 1.89 bits per heavy atom. The number of esters is 1. The molecule has 2 rings (SSSR count). The lowest BCUT2D eigenvalue weighted by Crippen LogP contribution is -2.22. The van der Waals surface area contributed by atoms with E-state index >= 15 is 0 Å². The third-order valence-electron chi connectivity index (χ3n) is 3.70. The Morgan fingerprint density at radius 1 is 1.15 bits per heavy atom. The molecule has 0 aliphatic heterocycles. The van der Waals surface area contributed by atoms with Gasteiger partial charge in [-0.15, -0.1) is 0 Å². The van der Waals surface area contributed by atoms with Crippen molar-refractivity contribution in [2.24, 2.45) is 0 Å². The highest BCUT2D eigenvalue weighted by Gasteiger charge is 2.23. The van der Waals surface area contributed by atoms with Crippen molar-refractivity contribution in [3.05, 3.63) is 52.8 Å². The fourth-order valence-corrected chi connectivity index (χ4v) is 2.32. The summed E-state index contributed by atoms with van der Waals surface area (Å²) in [4.78, 5) is 35.5. The molecule has 0 saturated carbocycles. The van der Waals surface area contributed by atoms with E-state index in [1.807, 2.05) is 0 Å². The Kier molecular flexibility index (Phi) is 6.48. The van der Waals surface area contributed by atoms with E-state index in [-0.39, 0.29) is 28.3 Å². The summed E-state index contributed by atoms with van der Waals surface area (Å²) < 4.78 is 28.7. The van der Waals surface area contributed by atoms with Crippen molar-refractivity contribution in [2.75, 3.05) is 26.1 Å². The van der Waals surface area contributed by atoms with Gasteiger partial charge < -0.3 is 19.5 Å². The van der Waals surface area contributed by atoms with Crippen molar-refractivity contribution in [3.8, 4) is 11.5 Å². The summed E-state index contributed by atoms with van der Waals surface area (Å²) >= 11 is 0. The van der Waals surface area contributed by atoms with Crippen molar-refractivity contribution in [1.29, 1.82) is 0 Å². The lowest BCUT2D eigenvalue weighted by molar-refractivity contribution is -0.119. The maximum Gasteiger partial charge on any atom is 0.343 e. The van der Waals surface area contributed by atoms with Crippen molar-refractivity contribution in [2.45, 2.75) is 6.92 Å². The monoisotopic (exact) mass is 375 g/mol. The number of anilines is 1. The van der Waals surface area contributed by atoms with Gasteiger partial charge in [-0.1, -0.05) is 6.07 Å². The lowest BCUT2D eigenvalue weighted by Gasteiger charge is -2.14. The van der Waals surface area contributed by atoms with Gasteiger partial charge >= 0.3 is 5.97 Å². The third-order valence-corrected chi connectivity index (χ3v) is 3.70. The minimum absolute atomic E-state index is 0.0214. The summed E-state index contributed by atoms with van der Waals surface area (Å²) in [6, 6.07) is 7.03. The van der Waals surface area contributed by atoms with E-state index in [0.717, 1.165) is 6.07 Å². The molecule has 0 atom stereocenters. The highest BCUT2D eigenvalue weighted by Crippen LogP contribution is 2.33. The number of rotatable bonds is 7. The van der Waals surface area contributed by atoms with Crippen LogP contribution in [0.5, 0.6) is 11.5 Å². The first kappa shape index (κ1) is 19.9. The predicted octanol–water partition coefficient (Wildman–Crippen LogP) is 2.76. The van der Waals surface area contributed by atoms with Gasteiger partial charge in [-0.2, -0.15) is 0 Å². The highest BCUT2D eigenvalue weighted by molar-refractivity contribution is 6.03. The summed E-state index contributed by atoms with van der Waals surface area (Å²) in [5.41, 5.74) is 0.539. The molecule has 0 unspecified atom stereocenters. The van der Waals surface area contributed by atoms with Crippen molar-refractivity contribution < 1.29 is 33.0 Å². The highest BCUT2D eigenvalue weighted by atomic mass is 19.1. The van der Waals surface area contributed by atoms with Crippen LogP contribution in [0.3, 0.4) is 0 Å². The molecule has 27 heavy (non-hydrogen) atoms. The van der Waals surface area contributed by atoms with E-state index in [2.05, 4.69) is 5.32 Å². The molecule has 0 aliphatic rings. The number of aldehydes is 1. The second kappa shape index (κ2) is 8.79. The van der Waals surface area contributed by atoms with Crippen LogP contribution in [0.15, 0.2) is 30.3 Å². The van der Waals surface area contributed by atoms with Gasteiger partial charge in [-0.05, 0) is 36.8 Å². The number of nitrogens with one attached hydrogen (secondary N) is 1. The second-order valence-electron chi connectivity index (χ2n) is 5.47. The minimum atomic E-state index is -0.932. The number of halogens is 1. The zero-order valence-electron chi connectivity index (χ0n) is 15.0. The number of ether oxygens (including phenoxy) is 3. The molecule has 1 N–H and O–H groups in total. The molecule has 0 fully saturated rings. The van der Waals surface area contributed by atoms with Crippen LogP contribution in [0.2, 0.25) is 0 Å². The molecule has 0 saturated heterocycles. The third kappa shape index (κ3) is 4.60. The fourth-order valence-electron chi connectivity index (χ4n) is 2.32. The van der Waals surface area contributed by atoms with Crippen molar-refractivity contribution in [3.63, 3.8) is 0 Å². The molecule has 8 heteroatoms. The molecule has 142 valence electrons. The summed E-state index contributed by atoms with van der Waals surface area (Å²) in [6.45, 7) is 0.960. The van der Waals surface area contributed by atoms with E-state index in [4.69, 9.17) is 14.2 Å². The fraction of sp³-hybridized carbons (Fsp3) is 0.211. The van der Waals surface area contributed by atoms with Gasteiger partial charge in [0.1, 0.15) is 11.4 Å². The van der Waals surface area contributed by atoms with Crippen LogP contribution in [-0.4, -0.2) is 39.0 Å². The molecular formula is C19H18FNO6. The number of methoxy groups -OCH3 is 2. The smallest absolute Gasteiger partial charge is 0.343 e. The number of hydrogen-bond acceptors (Lipinski definition) is 6. The Bertz CT molecular complexity index is 881. The van der Waals surface area contributed by atoms with E-state index in [0.29, 0.717) is 11.8 Å². The van der Waals surface area contributed by atoms with E-state index in [1.54, 1.807) is 6.92 Å². The normalized spacial score (nSPS) is 10.1. The number of aryl methyl sites for hydroxylation is 1. The Hall–Kier alpha value is -3.42. The molecule has 0 spiro atoms. The number of hydrogen-bond donors (Lipinski definition) is 1. The number of benzene rings is 2. The predicted molar refractivity (Wildman–Crippen MR) is 95.0 cm³/mol. The van der Waals surface area contributed by atoms with Crippen molar-refractivity contribution >= 4 is 23.9 Å². The standard InChI is InChI=1S/C19H18FNO6/c1-11-4-6-13(8-14(11)20)21-16(23)10-27-19(24)17-12(9-22)5-7-15(25-2)18(17)26-3/h4-9H,10H2,1-3H3,(H,21,23). The van der Waals surface area contributed by atoms with Crippen LogP contribution in [-0.2, 0) is 9.53 Å². The van der Waals surface area contributed by atoms with Crippen LogP contribution >= 0.6 is 0 Å². The van der Waals surface area contributed by atoms with E-state index in [1.165, 1.54) is 38.5 Å². The maximum atomic E-state index is 13.5.